The Morgan fingerprint density at radius 2 is 1.90 bits per heavy atom. The van der Waals surface area contributed by atoms with Crippen LogP contribution in [0.5, 0.6) is 0 Å². The van der Waals surface area contributed by atoms with Crippen molar-refractivity contribution in [3.63, 3.8) is 0 Å². The molecule has 20 heavy (non-hydrogen) atoms. The number of nitriles is 1. The maximum Gasteiger partial charge on any atom is 0.171 e. The van der Waals surface area contributed by atoms with Gasteiger partial charge in [-0.3, -0.25) is 0 Å². The van der Waals surface area contributed by atoms with Gasteiger partial charge in [-0.05, 0) is 12.1 Å². The summed E-state index contributed by atoms with van der Waals surface area (Å²) in [7, 11) is 0. The maximum absolute atomic E-state index is 9.35. The van der Waals surface area contributed by atoms with Gasteiger partial charge < -0.3 is 15.4 Å². The third-order valence-corrected chi connectivity index (χ3v) is 3.33. The van der Waals surface area contributed by atoms with Crippen molar-refractivity contribution in [2.24, 2.45) is 0 Å². The minimum absolute atomic E-state index is 0.375. The lowest BCUT2D eigenvalue weighted by Gasteiger charge is -2.26. The SMILES string of the molecule is N#Cc1c(N2CCOCC2)nn(-c2ccccc2)c1N. The molecule has 2 N–H and O–H groups in total. The summed E-state index contributed by atoms with van der Waals surface area (Å²) in [5.41, 5.74) is 7.35. The second-order valence-corrected chi connectivity index (χ2v) is 4.54. The molecule has 0 amide bonds. The number of nitrogens with two attached hydrogens (primary N) is 1. The Morgan fingerprint density at radius 1 is 1.20 bits per heavy atom. The van der Waals surface area contributed by atoms with Crippen molar-refractivity contribution in [3.05, 3.63) is 35.9 Å². The Bertz CT molecular complexity index is 638. The molecule has 2 aromatic rings. The number of rotatable bonds is 2. The molecular weight excluding hydrogens is 254 g/mol. The number of ether oxygens (including phenoxy) is 1. The monoisotopic (exact) mass is 269 g/mol. The zero-order chi connectivity index (χ0) is 13.9. The van der Waals surface area contributed by atoms with Crippen LogP contribution in [0.15, 0.2) is 30.3 Å². The first-order valence-electron chi connectivity index (χ1n) is 6.48. The molecule has 3 rings (SSSR count). The molecule has 0 bridgehead atoms. The van der Waals surface area contributed by atoms with Gasteiger partial charge in [0.1, 0.15) is 17.5 Å². The standard InChI is InChI=1S/C14H15N5O/c15-10-12-13(16)19(11-4-2-1-3-5-11)17-14(12)18-6-8-20-9-7-18/h1-5H,6-9,16H2. The summed E-state index contributed by atoms with van der Waals surface area (Å²) in [6.45, 7) is 2.73. The van der Waals surface area contributed by atoms with Crippen LogP contribution in [-0.4, -0.2) is 36.1 Å². The predicted octanol–water partition coefficient (Wildman–Crippen LogP) is 1.16. The fourth-order valence-electron chi connectivity index (χ4n) is 2.29. The molecule has 0 unspecified atom stereocenters. The van der Waals surface area contributed by atoms with E-state index in [1.807, 2.05) is 35.2 Å². The van der Waals surface area contributed by atoms with E-state index in [1.165, 1.54) is 0 Å². The average Bonchev–Trinajstić information content (AvgIpc) is 2.86. The van der Waals surface area contributed by atoms with Gasteiger partial charge in [0, 0.05) is 13.1 Å². The molecule has 1 fully saturated rings. The number of benzene rings is 1. The van der Waals surface area contributed by atoms with Gasteiger partial charge in [0.25, 0.3) is 0 Å². The van der Waals surface area contributed by atoms with Crippen LogP contribution in [0.25, 0.3) is 5.69 Å². The minimum atomic E-state index is 0.375. The molecule has 0 aliphatic carbocycles. The van der Waals surface area contributed by atoms with Crippen LogP contribution in [0, 0.1) is 11.3 Å². The zero-order valence-corrected chi connectivity index (χ0v) is 11.0. The Morgan fingerprint density at radius 3 is 2.55 bits per heavy atom. The number of nitrogen functional groups attached to an aromatic ring is 1. The lowest BCUT2D eigenvalue weighted by molar-refractivity contribution is 0.122. The van der Waals surface area contributed by atoms with Crippen molar-refractivity contribution in [2.75, 3.05) is 36.9 Å². The van der Waals surface area contributed by atoms with E-state index in [1.54, 1.807) is 4.68 Å². The van der Waals surface area contributed by atoms with Gasteiger partial charge in [0.15, 0.2) is 5.82 Å². The van der Waals surface area contributed by atoms with E-state index in [0.717, 1.165) is 18.8 Å². The summed E-state index contributed by atoms with van der Waals surface area (Å²) in [6, 6.07) is 11.7. The van der Waals surface area contributed by atoms with Gasteiger partial charge >= 0.3 is 0 Å². The summed E-state index contributed by atoms with van der Waals surface area (Å²) in [5, 5.41) is 13.9. The van der Waals surface area contributed by atoms with Gasteiger partial charge in [0.2, 0.25) is 0 Å². The first-order chi connectivity index (χ1) is 9.81. The summed E-state index contributed by atoms with van der Waals surface area (Å²) in [4.78, 5) is 2.04. The van der Waals surface area contributed by atoms with Crippen LogP contribution < -0.4 is 10.6 Å². The molecule has 1 aromatic carbocycles. The first kappa shape index (κ1) is 12.5. The summed E-state index contributed by atoms with van der Waals surface area (Å²) < 4.78 is 6.94. The van der Waals surface area contributed by atoms with Crippen molar-refractivity contribution in [3.8, 4) is 11.8 Å². The molecule has 1 aromatic heterocycles. The van der Waals surface area contributed by atoms with E-state index in [4.69, 9.17) is 10.5 Å². The normalized spacial score (nSPS) is 15.1. The smallest absolute Gasteiger partial charge is 0.171 e. The number of para-hydroxylation sites is 1. The molecule has 0 radical (unpaired) electrons. The highest BCUT2D eigenvalue weighted by molar-refractivity contribution is 5.67. The Kier molecular flexibility index (Phi) is 3.27. The molecule has 102 valence electrons. The second kappa shape index (κ2) is 5.23. The number of anilines is 2. The highest BCUT2D eigenvalue weighted by atomic mass is 16.5. The van der Waals surface area contributed by atoms with E-state index in [-0.39, 0.29) is 0 Å². The quantitative estimate of drug-likeness (QED) is 0.885. The van der Waals surface area contributed by atoms with Gasteiger partial charge in [-0.1, -0.05) is 18.2 Å². The van der Waals surface area contributed by atoms with Crippen LogP contribution in [0.1, 0.15) is 5.56 Å². The topological polar surface area (TPSA) is 80.1 Å². The molecule has 1 aliphatic heterocycles. The largest absolute Gasteiger partial charge is 0.382 e. The van der Waals surface area contributed by atoms with Gasteiger partial charge in [-0.15, -0.1) is 5.10 Å². The number of aromatic nitrogens is 2. The number of hydrogen-bond acceptors (Lipinski definition) is 5. The average molecular weight is 269 g/mol. The first-order valence-corrected chi connectivity index (χ1v) is 6.48. The van der Waals surface area contributed by atoms with Crippen LogP contribution in [0.2, 0.25) is 0 Å². The van der Waals surface area contributed by atoms with Gasteiger partial charge in [0.05, 0.1) is 18.9 Å². The summed E-state index contributed by atoms with van der Waals surface area (Å²) >= 11 is 0. The molecule has 2 heterocycles. The van der Waals surface area contributed by atoms with E-state index >= 15 is 0 Å². The van der Waals surface area contributed by atoms with Crippen molar-refractivity contribution >= 4 is 11.6 Å². The fourth-order valence-corrected chi connectivity index (χ4v) is 2.29. The second-order valence-electron chi connectivity index (χ2n) is 4.54. The molecule has 1 aliphatic rings. The molecule has 0 atom stereocenters. The van der Waals surface area contributed by atoms with Gasteiger partial charge in [-0.25, -0.2) is 4.68 Å². The van der Waals surface area contributed by atoms with Crippen LogP contribution in [0.3, 0.4) is 0 Å². The highest BCUT2D eigenvalue weighted by Crippen LogP contribution is 2.27. The van der Waals surface area contributed by atoms with Crippen molar-refractivity contribution < 1.29 is 4.74 Å². The van der Waals surface area contributed by atoms with E-state index in [0.29, 0.717) is 30.4 Å². The third-order valence-electron chi connectivity index (χ3n) is 3.33. The Balaban J connectivity index is 2.05. The van der Waals surface area contributed by atoms with E-state index < -0.39 is 0 Å². The Labute approximate surface area is 117 Å². The van der Waals surface area contributed by atoms with E-state index in [9.17, 15) is 5.26 Å². The molecule has 0 saturated carbocycles. The number of hydrogen-bond donors (Lipinski definition) is 1. The molecule has 1 saturated heterocycles. The lowest BCUT2D eigenvalue weighted by atomic mass is 10.3. The highest BCUT2D eigenvalue weighted by Gasteiger charge is 2.22. The lowest BCUT2D eigenvalue weighted by Crippen LogP contribution is -2.37. The molecule has 0 spiro atoms. The predicted molar refractivity (Wildman–Crippen MR) is 75.7 cm³/mol. The maximum atomic E-state index is 9.35. The van der Waals surface area contributed by atoms with Crippen LogP contribution >= 0.6 is 0 Å². The molecule has 6 nitrogen and oxygen atoms in total. The van der Waals surface area contributed by atoms with Crippen LogP contribution in [0.4, 0.5) is 11.6 Å². The summed E-state index contributed by atoms with van der Waals surface area (Å²) in [5.74, 6) is 1.01. The van der Waals surface area contributed by atoms with Crippen molar-refractivity contribution in [1.29, 1.82) is 5.26 Å². The Hall–Kier alpha value is -2.52. The number of morpholine rings is 1. The molecular formula is C14H15N5O. The van der Waals surface area contributed by atoms with E-state index in [2.05, 4.69) is 11.2 Å². The van der Waals surface area contributed by atoms with Gasteiger partial charge in [-0.2, -0.15) is 5.26 Å². The van der Waals surface area contributed by atoms with Crippen LogP contribution in [-0.2, 0) is 4.74 Å². The summed E-state index contributed by atoms with van der Waals surface area (Å²) in [6.07, 6.45) is 0. The number of nitrogens with zero attached hydrogens (tertiary/aromatic N) is 4. The van der Waals surface area contributed by atoms with Crippen molar-refractivity contribution in [2.45, 2.75) is 0 Å². The molecule has 6 heteroatoms. The van der Waals surface area contributed by atoms with Crippen molar-refractivity contribution in [1.82, 2.24) is 9.78 Å². The third kappa shape index (κ3) is 2.08. The zero-order valence-electron chi connectivity index (χ0n) is 11.0. The minimum Gasteiger partial charge on any atom is -0.382 e. The fraction of sp³-hybridized carbons (Fsp3) is 0.286.